The molecule has 0 saturated carbocycles. The van der Waals surface area contributed by atoms with Gasteiger partial charge in [0, 0.05) is 77.9 Å². The molecule has 17 rings (SSSR count). The van der Waals surface area contributed by atoms with Gasteiger partial charge >= 0.3 is 0 Å². The second-order valence-corrected chi connectivity index (χ2v) is 27.8. The molecule has 0 fully saturated rings. The first-order chi connectivity index (χ1) is 56.5. The van der Waals surface area contributed by atoms with Crippen LogP contribution in [0.2, 0.25) is 0 Å². The van der Waals surface area contributed by atoms with Crippen molar-refractivity contribution >= 4 is 77.7 Å². The number of aromatic nitrogens is 2. The Balaban J connectivity index is 1.06. The Morgan fingerprint density at radius 1 is 0.245 bits per heavy atom. The number of hydrogen-bond acceptors (Lipinski definition) is 2. The number of para-hydroxylation sites is 5. The van der Waals surface area contributed by atoms with E-state index in [2.05, 4.69) is 191 Å². The van der Waals surface area contributed by atoms with Crippen LogP contribution in [0, 0.1) is 0 Å². The summed E-state index contributed by atoms with van der Waals surface area (Å²) < 4.78 is 153. The van der Waals surface area contributed by atoms with Crippen LogP contribution in [0.3, 0.4) is 0 Å². The first-order valence-corrected chi connectivity index (χ1v) is 34.2. The van der Waals surface area contributed by atoms with Gasteiger partial charge in [0.2, 0.25) is 0 Å². The standard InChI is InChI=1S/C98H78N4/c1-97(2,3)75-60-81(99(95-83(69-36-15-9-16-37-69)52-31-53-84(95)70-38-17-10-18-39-70)77-44-29-46-79(64-77)101-91-54-23-19-48-85(91)86-49-20-24-55-92(86)101)66-82(61-75)100(78-45-30-47-80(65-78)102-93-56-25-21-50-87(93)88-51-22-26-57-94(88)102)96-89(73-42-27-40-71(58-73)67-32-11-7-12-33-67)62-76(98(4,5)6)63-90(96)74-43-28-41-72(59-74)68-34-13-8-14-35-68/h7-66H,1-6H3/i19D,20D,21D,22D,23D,24D,25D,26D,48D,49D,50D,51D,54D,55D,56D,57D. The molecule has 4 nitrogen and oxygen atoms in total. The molecule has 2 aromatic heterocycles. The fourth-order valence-electron chi connectivity index (χ4n) is 14.2. The van der Waals surface area contributed by atoms with Crippen molar-refractivity contribution in [3.63, 3.8) is 0 Å². The van der Waals surface area contributed by atoms with Crippen molar-refractivity contribution in [1.82, 2.24) is 9.13 Å². The lowest BCUT2D eigenvalue weighted by Gasteiger charge is -2.36. The number of hydrogen-bond donors (Lipinski definition) is 0. The van der Waals surface area contributed by atoms with Crippen LogP contribution in [-0.2, 0) is 10.8 Å². The van der Waals surface area contributed by atoms with Crippen molar-refractivity contribution in [1.29, 1.82) is 0 Å². The first kappa shape index (κ1) is 47.5. The molecule has 0 aliphatic rings. The zero-order valence-electron chi connectivity index (χ0n) is 73.2. The summed E-state index contributed by atoms with van der Waals surface area (Å²) >= 11 is 0. The first-order valence-electron chi connectivity index (χ1n) is 42.2. The maximum absolute atomic E-state index is 9.80. The number of rotatable bonds is 14. The summed E-state index contributed by atoms with van der Waals surface area (Å²) in [6.07, 6.45) is 0. The molecular formula is C98H78N4. The van der Waals surface area contributed by atoms with Crippen molar-refractivity contribution in [3.05, 3.63) is 375 Å². The predicted octanol–water partition coefficient (Wildman–Crippen LogP) is 27.4. The van der Waals surface area contributed by atoms with E-state index in [-0.39, 0.29) is 43.6 Å². The van der Waals surface area contributed by atoms with E-state index in [1.807, 2.05) is 115 Å². The summed E-state index contributed by atoms with van der Waals surface area (Å²) in [6, 6.07) is 81.7. The van der Waals surface area contributed by atoms with Crippen LogP contribution >= 0.6 is 0 Å². The van der Waals surface area contributed by atoms with Crippen LogP contribution in [0.5, 0.6) is 0 Å². The summed E-state index contributed by atoms with van der Waals surface area (Å²) in [5.74, 6) is 0. The average molecular weight is 1330 g/mol. The van der Waals surface area contributed by atoms with Crippen LogP contribution < -0.4 is 9.80 Å². The molecule has 17 aromatic rings. The van der Waals surface area contributed by atoms with Crippen molar-refractivity contribution in [3.8, 4) is 78.1 Å². The largest absolute Gasteiger partial charge is 0.309 e. The van der Waals surface area contributed by atoms with Gasteiger partial charge in [0.05, 0.1) is 55.4 Å². The summed E-state index contributed by atoms with van der Waals surface area (Å²) in [4.78, 5) is 4.42. The number of fused-ring (bicyclic) bond motifs is 6. The Kier molecular flexibility index (Phi) is 12.1. The molecule has 0 N–H and O–H groups in total. The zero-order chi connectivity index (χ0) is 83.0. The molecule has 0 saturated heterocycles. The van der Waals surface area contributed by atoms with Crippen LogP contribution in [0.1, 0.15) is 74.6 Å². The molecule has 0 atom stereocenters. The molecule has 0 aliphatic carbocycles. The SMILES string of the molecule is [2H]c1c([2H])c([2H])c2c(c1[2H])c1c([2H])c([2H])c([2H])c([2H])c1n2-c1cccc(N(c2cc(N(c3cccc(-n4c5c([2H])c([2H])c([2H])c([2H])c5c5c([2H])c([2H])c([2H])c([2H])c54)c3)c3c(-c4cccc(-c5ccccc5)c4)cc(C(C)(C)C)cc3-c3cccc(-c4ccccc4)c3)cc(C(C)(C)C)c2)c2c(-c3ccccc3)cccc2-c2ccccc2)c1. The van der Waals surface area contributed by atoms with Gasteiger partial charge in [0.25, 0.3) is 0 Å². The molecule has 0 bridgehead atoms. The number of anilines is 6. The number of benzene rings is 15. The van der Waals surface area contributed by atoms with E-state index in [9.17, 15) is 13.7 Å². The molecular weight excluding hydrogens is 1230 g/mol. The summed E-state index contributed by atoms with van der Waals surface area (Å²) in [7, 11) is 0. The minimum atomic E-state index is -0.687. The van der Waals surface area contributed by atoms with E-state index in [4.69, 9.17) is 8.22 Å². The van der Waals surface area contributed by atoms with Crippen LogP contribution in [0.4, 0.5) is 34.1 Å². The van der Waals surface area contributed by atoms with Crippen molar-refractivity contribution in [2.24, 2.45) is 0 Å². The van der Waals surface area contributed by atoms with Crippen molar-refractivity contribution in [2.45, 2.75) is 52.4 Å². The lowest BCUT2D eigenvalue weighted by Crippen LogP contribution is -2.20. The molecule has 0 aliphatic heterocycles. The third-order valence-electron chi connectivity index (χ3n) is 19.2. The lowest BCUT2D eigenvalue weighted by molar-refractivity contribution is 0.590. The van der Waals surface area contributed by atoms with Crippen LogP contribution in [0.15, 0.2) is 364 Å². The molecule has 102 heavy (non-hydrogen) atoms. The van der Waals surface area contributed by atoms with Crippen molar-refractivity contribution in [2.75, 3.05) is 9.80 Å². The maximum Gasteiger partial charge on any atom is 0.0645 e. The number of nitrogens with zero attached hydrogens (tertiary/aromatic N) is 4. The van der Waals surface area contributed by atoms with Gasteiger partial charge in [0.15, 0.2) is 0 Å². The second kappa shape index (κ2) is 26.0. The molecule has 0 spiro atoms. The van der Waals surface area contributed by atoms with Gasteiger partial charge in [-0.1, -0.05) is 302 Å². The summed E-state index contributed by atoms with van der Waals surface area (Å²) in [5.41, 5.74) is 15.3. The fraction of sp³-hybridized carbons (Fsp3) is 0.0816. The van der Waals surface area contributed by atoms with Gasteiger partial charge in [-0.2, -0.15) is 0 Å². The van der Waals surface area contributed by atoms with Gasteiger partial charge < -0.3 is 18.9 Å². The lowest BCUT2D eigenvalue weighted by atomic mass is 9.81. The van der Waals surface area contributed by atoms with E-state index in [1.165, 1.54) is 4.57 Å². The monoisotopic (exact) mass is 1330 g/mol. The smallest absolute Gasteiger partial charge is 0.0645 e. The van der Waals surface area contributed by atoms with Crippen LogP contribution in [0.25, 0.3) is 122 Å². The summed E-state index contributed by atoms with van der Waals surface area (Å²) in [6.45, 7) is 13.0. The van der Waals surface area contributed by atoms with Gasteiger partial charge in [-0.15, -0.1) is 0 Å². The normalized spacial score (nSPS) is 14.0. The third kappa shape index (κ3) is 11.6. The maximum atomic E-state index is 9.80. The van der Waals surface area contributed by atoms with Crippen LogP contribution in [-0.4, -0.2) is 9.13 Å². The van der Waals surface area contributed by atoms with E-state index < -0.39 is 108 Å². The summed E-state index contributed by atoms with van der Waals surface area (Å²) in [5, 5.41) is -0.276. The molecule has 15 aromatic carbocycles. The highest BCUT2D eigenvalue weighted by Gasteiger charge is 2.31. The molecule has 2 heterocycles. The Labute approximate surface area is 621 Å². The zero-order valence-corrected chi connectivity index (χ0v) is 57.2. The third-order valence-corrected chi connectivity index (χ3v) is 19.2. The Hall–Kier alpha value is -12.5. The average Bonchev–Trinajstić information content (AvgIpc) is 1.53. The minimum Gasteiger partial charge on any atom is -0.309 e. The van der Waals surface area contributed by atoms with E-state index in [1.54, 1.807) is 16.7 Å². The van der Waals surface area contributed by atoms with Gasteiger partial charge in [-0.25, -0.2) is 0 Å². The van der Waals surface area contributed by atoms with Crippen molar-refractivity contribution < 1.29 is 21.9 Å². The minimum absolute atomic E-state index is 0.0458. The Bertz CT molecular complexity index is 6650. The fourth-order valence-corrected chi connectivity index (χ4v) is 14.2. The molecule has 0 radical (unpaired) electrons. The quantitative estimate of drug-likeness (QED) is 0.108. The molecule has 4 heteroatoms. The van der Waals surface area contributed by atoms with Gasteiger partial charge in [-0.3, -0.25) is 0 Å². The van der Waals surface area contributed by atoms with E-state index >= 15 is 0 Å². The highest BCUT2D eigenvalue weighted by atomic mass is 15.2. The predicted molar refractivity (Wildman–Crippen MR) is 435 cm³/mol. The Morgan fingerprint density at radius 3 is 0.922 bits per heavy atom. The topological polar surface area (TPSA) is 16.3 Å². The van der Waals surface area contributed by atoms with E-state index in [0.29, 0.717) is 45.5 Å². The highest BCUT2D eigenvalue weighted by molar-refractivity contribution is 6.11. The molecule has 0 unspecified atom stereocenters. The van der Waals surface area contributed by atoms with E-state index in [0.717, 1.165) is 77.9 Å². The molecule has 0 amide bonds. The second-order valence-electron chi connectivity index (χ2n) is 27.8. The van der Waals surface area contributed by atoms with Gasteiger partial charge in [0.1, 0.15) is 0 Å². The molecule has 490 valence electrons. The van der Waals surface area contributed by atoms with Gasteiger partial charge in [-0.05, 0) is 169 Å². The highest BCUT2D eigenvalue weighted by Crippen LogP contribution is 2.54. The Morgan fingerprint density at radius 2 is 0.549 bits per heavy atom.